The first-order valence-electron chi connectivity index (χ1n) is 7.98. The van der Waals surface area contributed by atoms with Crippen molar-refractivity contribution in [3.63, 3.8) is 0 Å². The summed E-state index contributed by atoms with van der Waals surface area (Å²) in [6.07, 6.45) is 2.03. The Balaban J connectivity index is 1.92. The Kier molecular flexibility index (Phi) is 6.39. The smallest absolute Gasteiger partial charge is 0.312 e. The van der Waals surface area contributed by atoms with E-state index in [-0.39, 0.29) is 41.4 Å². The molecule has 1 aliphatic rings. The average Bonchev–Trinajstić information content (AvgIpc) is 2.55. The van der Waals surface area contributed by atoms with Gasteiger partial charge in [-0.2, -0.15) is 0 Å². The molecule has 24 heavy (non-hydrogen) atoms. The van der Waals surface area contributed by atoms with Crippen molar-refractivity contribution in [3.8, 4) is 5.75 Å². The fourth-order valence-corrected chi connectivity index (χ4v) is 3.12. The maximum atomic E-state index is 12.4. The fraction of sp³-hybridized carbons (Fsp3) is 0.562. The number of nitrogens with two attached hydrogens (primary N) is 1. The predicted molar refractivity (Wildman–Crippen MR) is 91.2 cm³/mol. The lowest BCUT2D eigenvalue weighted by atomic mass is 9.92. The second-order valence-corrected chi connectivity index (χ2v) is 6.51. The number of hydrogen-bond donors (Lipinski definition) is 1. The molecule has 7 nitrogen and oxygen atoms in total. The first kappa shape index (κ1) is 18.5. The third kappa shape index (κ3) is 4.58. The minimum Gasteiger partial charge on any atom is -0.486 e. The number of ether oxygens (including phenoxy) is 1. The first-order valence-corrected chi connectivity index (χ1v) is 8.36. The molecule has 132 valence electrons. The summed E-state index contributed by atoms with van der Waals surface area (Å²) in [7, 11) is 0. The Morgan fingerprint density at radius 2 is 2.29 bits per heavy atom. The summed E-state index contributed by atoms with van der Waals surface area (Å²) in [5.41, 5.74) is 5.56. The highest BCUT2D eigenvalue weighted by atomic mass is 35.5. The maximum Gasteiger partial charge on any atom is 0.312 e. The van der Waals surface area contributed by atoms with Crippen LogP contribution in [0.25, 0.3) is 0 Å². The van der Waals surface area contributed by atoms with Crippen molar-refractivity contribution in [3.05, 3.63) is 33.3 Å². The van der Waals surface area contributed by atoms with E-state index in [0.29, 0.717) is 19.0 Å². The summed E-state index contributed by atoms with van der Waals surface area (Å²) in [5, 5.41) is 11.3. The summed E-state index contributed by atoms with van der Waals surface area (Å²) in [6.45, 7) is 3.38. The quantitative estimate of drug-likeness (QED) is 0.624. The molecule has 1 aliphatic heterocycles. The number of hydrogen-bond acceptors (Lipinski definition) is 5. The monoisotopic (exact) mass is 355 g/mol. The number of carbonyl (C=O) groups excluding carboxylic acids is 1. The summed E-state index contributed by atoms with van der Waals surface area (Å²) >= 11 is 5.76. The van der Waals surface area contributed by atoms with Gasteiger partial charge in [0, 0.05) is 30.2 Å². The second kappa shape index (κ2) is 8.30. The molecule has 1 saturated heterocycles. The van der Waals surface area contributed by atoms with Crippen molar-refractivity contribution in [2.24, 2.45) is 11.7 Å². The highest BCUT2D eigenvalue weighted by Gasteiger charge is 2.28. The van der Waals surface area contributed by atoms with Crippen molar-refractivity contribution in [2.75, 3.05) is 19.7 Å². The summed E-state index contributed by atoms with van der Waals surface area (Å²) in [6, 6.07) is 4.25. The molecule has 2 N–H and O–H groups in total. The number of nitro benzene ring substituents is 1. The molecule has 0 saturated carbocycles. The Morgan fingerprint density at radius 1 is 1.54 bits per heavy atom. The van der Waals surface area contributed by atoms with Crippen molar-refractivity contribution >= 4 is 23.2 Å². The number of nitro groups is 1. The van der Waals surface area contributed by atoms with Crippen LogP contribution >= 0.6 is 11.6 Å². The van der Waals surface area contributed by atoms with E-state index in [4.69, 9.17) is 22.1 Å². The van der Waals surface area contributed by atoms with Gasteiger partial charge in [-0.05, 0) is 30.9 Å². The Labute approximate surface area is 145 Å². The lowest BCUT2D eigenvalue weighted by Crippen LogP contribution is -2.49. The third-order valence-electron chi connectivity index (χ3n) is 4.26. The number of halogens is 1. The Bertz CT molecular complexity index is 611. The number of rotatable bonds is 6. The summed E-state index contributed by atoms with van der Waals surface area (Å²) in [5.74, 6) is 0.643. The van der Waals surface area contributed by atoms with Crippen LogP contribution in [0, 0.1) is 16.0 Å². The molecule has 0 spiro atoms. The van der Waals surface area contributed by atoms with Crippen molar-refractivity contribution in [1.29, 1.82) is 0 Å². The lowest BCUT2D eigenvalue weighted by Gasteiger charge is -2.38. The molecule has 1 aromatic carbocycles. The van der Waals surface area contributed by atoms with E-state index < -0.39 is 4.92 Å². The van der Waals surface area contributed by atoms with Gasteiger partial charge >= 0.3 is 5.69 Å². The number of likely N-dealkylation sites (tertiary alicyclic amines) is 1. The van der Waals surface area contributed by atoms with Gasteiger partial charge in [-0.15, -0.1) is 0 Å². The van der Waals surface area contributed by atoms with Gasteiger partial charge in [0.1, 0.15) is 0 Å². The molecule has 2 atom stereocenters. The number of carbonyl (C=O) groups is 1. The predicted octanol–water partition coefficient (Wildman–Crippen LogP) is 2.60. The molecule has 2 unspecified atom stereocenters. The molecule has 8 heteroatoms. The Morgan fingerprint density at radius 3 is 2.96 bits per heavy atom. The molecule has 0 aliphatic carbocycles. The number of nitrogens with zero attached hydrogens (tertiary/aromatic N) is 2. The van der Waals surface area contributed by atoms with E-state index in [0.717, 1.165) is 12.8 Å². The van der Waals surface area contributed by atoms with Crippen LogP contribution in [0.5, 0.6) is 5.75 Å². The molecule has 0 bridgehead atoms. The van der Waals surface area contributed by atoms with E-state index in [1.807, 2.05) is 0 Å². The zero-order valence-electron chi connectivity index (χ0n) is 13.6. The summed E-state index contributed by atoms with van der Waals surface area (Å²) in [4.78, 5) is 24.6. The van der Waals surface area contributed by atoms with Crippen LogP contribution in [0.3, 0.4) is 0 Å². The molecular weight excluding hydrogens is 334 g/mol. The first-order chi connectivity index (χ1) is 11.4. The van der Waals surface area contributed by atoms with E-state index >= 15 is 0 Å². The van der Waals surface area contributed by atoms with Crippen LogP contribution in [0.4, 0.5) is 5.69 Å². The molecular formula is C16H22ClN3O4. The third-order valence-corrected chi connectivity index (χ3v) is 4.50. The van der Waals surface area contributed by atoms with Gasteiger partial charge in [-0.3, -0.25) is 14.9 Å². The lowest BCUT2D eigenvalue weighted by molar-refractivity contribution is -0.385. The molecule has 1 aromatic rings. The average molecular weight is 356 g/mol. The second-order valence-electron chi connectivity index (χ2n) is 6.07. The van der Waals surface area contributed by atoms with Crippen LogP contribution in [-0.2, 0) is 4.79 Å². The fourth-order valence-electron chi connectivity index (χ4n) is 2.95. The molecule has 0 aromatic heterocycles. The van der Waals surface area contributed by atoms with Crippen LogP contribution in [0.15, 0.2) is 18.2 Å². The molecule has 1 fully saturated rings. The highest BCUT2D eigenvalue weighted by molar-refractivity contribution is 6.30. The summed E-state index contributed by atoms with van der Waals surface area (Å²) < 4.78 is 5.43. The van der Waals surface area contributed by atoms with Gasteiger partial charge in [0.2, 0.25) is 5.91 Å². The Hall–Kier alpha value is -1.86. The van der Waals surface area contributed by atoms with Crippen molar-refractivity contribution in [2.45, 2.75) is 32.2 Å². The maximum absolute atomic E-state index is 12.4. The van der Waals surface area contributed by atoms with Crippen molar-refractivity contribution in [1.82, 2.24) is 4.90 Å². The van der Waals surface area contributed by atoms with Gasteiger partial charge < -0.3 is 15.4 Å². The molecule has 0 radical (unpaired) electrons. The normalized spacial score (nSPS) is 20.7. The standard InChI is InChI=1S/C16H22ClN3O4/c1-11-4-6-19(13(8-11)10-18)16(21)5-7-24-15-3-2-12(17)9-14(15)20(22)23/h2-3,9,11,13H,4-8,10,18H2,1H3. The van der Waals surface area contributed by atoms with Gasteiger partial charge in [0.25, 0.3) is 0 Å². The zero-order chi connectivity index (χ0) is 17.7. The van der Waals surface area contributed by atoms with E-state index in [1.54, 1.807) is 4.90 Å². The van der Waals surface area contributed by atoms with Crippen LogP contribution in [0.1, 0.15) is 26.2 Å². The topological polar surface area (TPSA) is 98.7 Å². The largest absolute Gasteiger partial charge is 0.486 e. The minimum atomic E-state index is -0.556. The zero-order valence-corrected chi connectivity index (χ0v) is 14.4. The van der Waals surface area contributed by atoms with Gasteiger partial charge in [-0.1, -0.05) is 18.5 Å². The molecule has 1 amide bonds. The van der Waals surface area contributed by atoms with Crippen molar-refractivity contribution < 1.29 is 14.5 Å². The van der Waals surface area contributed by atoms with E-state index in [1.165, 1.54) is 18.2 Å². The van der Waals surface area contributed by atoms with Crippen LogP contribution < -0.4 is 10.5 Å². The molecule has 1 heterocycles. The van der Waals surface area contributed by atoms with Crippen LogP contribution in [-0.4, -0.2) is 41.5 Å². The highest BCUT2D eigenvalue weighted by Crippen LogP contribution is 2.30. The number of piperidine rings is 1. The van der Waals surface area contributed by atoms with Gasteiger partial charge in [0.15, 0.2) is 5.75 Å². The van der Waals surface area contributed by atoms with E-state index in [9.17, 15) is 14.9 Å². The van der Waals surface area contributed by atoms with Gasteiger partial charge in [-0.25, -0.2) is 0 Å². The van der Waals surface area contributed by atoms with Gasteiger partial charge in [0.05, 0.1) is 18.0 Å². The van der Waals surface area contributed by atoms with Crippen LogP contribution in [0.2, 0.25) is 5.02 Å². The number of amides is 1. The van der Waals surface area contributed by atoms with E-state index in [2.05, 4.69) is 6.92 Å². The minimum absolute atomic E-state index is 0.0334. The number of benzene rings is 1. The molecule has 2 rings (SSSR count). The SMILES string of the molecule is CC1CCN(C(=O)CCOc2ccc(Cl)cc2[N+](=O)[O-])C(CN)C1.